The van der Waals surface area contributed by atoms with Crippen molar-refractivity contribution in [2.24, 2.45) is 0 Å². The summed E-state index contributed by atoms with van der Waals surface area (Å²) < 4.78 is 5.18. The van der Waals surface area contributed by atoms with E-state index in [0.29, 0.717) is 0 Å². The van der Waals surface area contributed by atoms with Gasteiger partial charge in [-0.25, -0.2) is 0 Å². The number of hydrogen-bond donors (Lipinski definition) is 1. The van der Waals surface area contributed by atoms with E-state index >= 15 is 0 Å². The zero-order chi connectivity index (χ0) is 12.3. The molecule has 0 fully saturated rings. The van der Waals surface area contributed by atoms with E-state index in [-0.39, 0.29) is 6.61 Å². The first-order valence-electron chi connectivity index (χ1n) is 6.20. The van der Waals surface area contributed by atoms with Crippen molar-refractivity contribution in [2.45, 2.75) is 32.6 Å². The van der Waals surface area contributed by atoms with Crippen LogP contribution < -0.4 is 10.1 Å². The van der Waals surface area contributed by atoms with Gasteiger partial charge in [0.15, 0.2) is 6.61 Å². The molecular formula is C14H20N2O. The third-order valence-corrected chi connectivity index (χ3v) is 2.52. The molecule has 1 aromatic carbocycles. The monoisotopic (exact) mass is 232 g/mol. The highest BCUT2D eigenvalue weighted by Crippen LogP contribution is 2.15. The standard InChI is InChI=1S/C14H20N2O/c1-2-3-4-5-11-16-13-6-8-14(9-7-13)17-12-10-15/h6-9,16H,2-5,11-12H2,1H3. The molecule has 0 amide bonds. The summed E-state index contributed by atoms with van der Waals surface area (Å²) in [4.78, 5) is 0. The van der Waals surface area contributed by atoms with Crippen LogP contribution in [0.15, 0.2) is 24.3 Å². The normalized spacial score (nSPS) is 9.65. The predicted molar refractivity (Wildman–Crippen MR) is 70.2 cm³/mol. The van der Waals surface area contributed by atoms with E-state index in [0.717, 1.165) is 18.0 Å². The molecule has 0 aromatic heterocycles. The van der Waals surface area contributed by atoms with Crippen LogP contribution in [0.2, 0.25) is 0 Å². The van der Waals surface area contributed by atoms with Crippen molar-refractivity contribution < 1.29 is 4.74 Å². The Balaban J connectivity index is 2.23. The van der Waals surface area contributed by atoms with Crippen molar-refractivity contribution in [3.63, 3.8) is 0 Å². The Morgan fingerprint density at radius 3 is 2.59 bits per heavy atom. The van der Waals surface area contributed by atoms with Crippen LogP contribution in [-0.4, -0.2) is 13.2 Å². The van der Waals surface area contributed by atoms with Gasteiger partial charge in [0, 0.05) is 12.2 Å². The number of unbranched alkanes of at least 4 members (excludes halogenated alkanes) is 3. The highest BCUT2D eigenvalue weighted by Gasteiger charge is 1.94. The highest BCUT2D eigenvalue weighted by molar-refractivity contribution is 5.46. The molecule has 0 saturated heterocycles. The van der Waals surface area contributed by atoms with Crippen molar-refractivity contribution in [1.29, 1.82) is 5.26 Å². The van der Waals surface area contributed by atoms with Gasteiger partial charge in [0.05, 0.1) is 0 Å². The lowest BCUT2D eigenvalue weighted by molar-refractivity contribution is 0.368. The molecular weight excluding hydrogens is 212 g/mol. The van der Waals surface area contributed by atoms with E-state index in [2.05, 4.69) is 12.2 Å². The van der Waals surface area contributed by atoms with Crippen LogP contribution in [0.1, 0.15) is 32.6 Å². The molecule has 1 aromatic rings. The predicted octanol–water partition coefficient (Wildman–Crippen LogP) is 3.58. The second-order valence-corrected chi connectivity index (χ2v) is 3.96. The number of nitriles is 1. The smallest absolute Gasteiger partial charge is 0.174 e. The molecule has 0 unspecified atom stereocenters. The molecule has 0 aliphatic heterocycles. The summed E-state index contributed by atoms with van der Waals surface area (Å²) in [7, 11) is 0. The third-order valence-electron chi connectivity index (χ3n) is 2.52. The van der Waals surface area contributed by atoms with E-state index in [9.17, 15) is 0 Å². The summed E-state index contributed by atoms with van der Waals surface area (Å²) in [5.74, 6) is 0.739. The Hall–Kier alpha value is -1.69. The fourth-order valence-corrected chi connectivity index (χ4v) is 1.57. The second-order valence-electron chi connectivity index (χ2n) is 3.96. The third kappa shape index (κ3) is 5.82. The van der Waals surface area contributed by atoms with Crippen molar-refractivity contribution in [3.8, 4) is 11.8 Å². The first-order valence-corrected chi connectivity index (χ1v) is 6.20. The SMILES string of the molecule is CCCCCCNc1ccc(OCC#N)cc1. The molecule has 0 saturated carbocycles. The van der Waals surface area contributed by atoms with Gasteiger partial charge >= 0.3 is 0 Å². The Morgan fingerprint density at radius 1 is 1.18 bits per heavy atom. The van der Waals surface area contributed by atoms with Gasteiger partial charge in [0.25, 0.3) is 0 Å². The minimum Gasteiger partial charge on any atom is -0.479 e. The minimum atomic E-state index is 0.101. The lowest BCUT2D eigenvalue weighted by Gasteiger charge is -2.07. The zero-order valence-electron chi connectivity index (χ0n) is 10.4. The Bertz CT molecular complexity index is 340. The molecule has 1 N–H and O–H groups in total. The molecule has 3 heteroatoms. The molecule has 17 heavy (non-hydrogen) atoms. The van der Waals surface area contributed by atoms with Crippen molar-refractivity contribution in [3.05, 3.63) is 24.3 Å². The summed E-state index contributed by atoms with van der Waals surface area (Å²) in [6.07, 6.45) is 5.07. The molecule has 0 aliphatic rings. The average Bonchev–Trinajstić information content (AvgIpc) is 2.37. The number of hydrogen-bond acceptors (Lipinski definition) is 3. The molecule has 3 nitrogen and oxygen atoms in total. The van der Waals surface area contributed by atoms with Gasteiger partial charge in [-0.15, -0.1) is 0 Å². The van der Waals surface area contributed by atoms with Gasteiger partial charge < -0.3 is 10.1 Å². The molecule has 0 radical (unpaired) electrons. The largest absolute Gasteiger partial charge is 0.479 e. The molecule has 1 rings (SSSR count). The van der Waals surface area contributed by atoms with E-state index in [1.807, 2.05) is 30.3 Å². The van der Waals surface area contributed by atoms with Crippen molar-refractivity contribution >= 4 is 5.69 Å². The fourth-order valence-electron chi connectivity index (χ4n) is 1.57. The van der Waals surface area contributed by atoms with Crippen LogP contribution in [-0.2, 0) is 0 Å². The van der Waals surface area contributed by atoms with Gasteiger partial charge in [0.2, 0.25) is 0 Å². The number of benzene rings is 1. The topological polar surface area (TPSA) is 45.0 Å². The first kappa shape index (κ1) is 13.4. The lowest BCUT2D eigenvalue weighted by Crippen LogP contribution is -2.01. The van der Waals surface area contributed by atoms with E-state index < -0.39 is 0 Å². The number of anilines is 1. The van der Waals surface area contributed by atoms with Crippen LogP contribution in [0.4, 0.5) is 5.69 Å². The maximum atomic E-state index is 8.38. The molecule has 0 bridgehead atoms. The summed E-state index contributed by atoms with van der Waals surface area (Å²) in [6.45, 7) is 3.33. The summed E-state index contributed by atoms with van der Waals surface area (Å²) >= 11 is 0. The Labute approximate surface area is 103 Å². The van der Waals surface area contributed by atoms with E-state index in [4.69, 9.17) is 10.00 Å². The first-order chi connectivity index (χ1) is 8.36. The van der Waals surface area contributed by atoms with Crippen molar-refractivity contribution in [1.82, 2.24) is 0 Å². The molecule has 0 aliphatic carbocycles. The van der Waals surface area contributed by atoms with Crippen LogP contribution in [0.3, 0.4) is 0 Å². The number of ether oxygens (including phenoxy) is 1. The summed E-state index contributed by atoms with van der Waals surface area (Å²) in [5.41, 5.74) is 1.10. The van der Waals surface area contributed by atoms with Gasteiger partial charge in [0.1, 0.15) is 11.8 Å². The fraction of sp³-hybridized carbons (Fsp3) is 0.500. The molecule has 92 valence electrons. The van der Waals surface area contributed by atoms with Crippen molar-refractivity contribution in [2.75, 3.05) is 18.5 Å². The summed E-state index contributed by atoms with van der Waals surface area (Å²) in [5, 5.41) is 11.7. The zero-order valence-corrected chi connectivity index (χ0v) is 10.4. The Morgan fingerprint density at radius 2 is 1.94 bits per heavy atom. The van der Waals surface area contributed by atoms with Gasteiger partial charge in [-0.2, -0.15) is 5.26 Å². The molecule has 0 heterocycles. The number of nitrogens with zero attached hydrogens (tertiary/aromatic N) is 1. The minimum absolute atomic E-state index is 0.101. The van der Waals surface area contributed by atoms with Crippen LogP contribution in [0, 0.1) is 11.3 Å². The Kier molecular flexibility index (Phi) is 6.66. The van der Waals surface area contributed by atoms with Gasteiger partial charge in [-0.1, -0.05) is 26.2 Å². The summed E-state index contributed by atoms with van der Waals surface area (Å²) in [6, 6.07) is 9.67. The van der Waals surface area contributed by atoms with Crippen LogP contribution in [0.5, 0.6) is 5.75 Å². The van der Waals surface area contributed by atoms with Gasteiger partial charge in [-0.3, -0.25) is 0 Å². The molecule has 0 spiro atoms. The highest BCUT2D eigenvalue weighted by atomic mass is 16.5. The maximum Gasteiger partial charge on any atom is 0.174 e. The van der Waals surface area contributed by atoms with Crippen LogP contribution >= 0.6 is 0 Å². The van der Waals surface area contributed by atoms with Crippen LogP contribution in [0.25, 0.3) is 0 Å². The van der Waals surface area contributed by atoms with Gasteiger partial charge in [-0.05, 0) is 30.7 Å². The average molecular weight is 232 g/mol. The number of nitrogens with one attached hydrogen (secondary N) is 1. The maximum absolute atomic E-state index is 8.38. The number of rotatable bonds is 8. The second kappa shape index (κ2) is 8.46. The molecule has 0 atom stereocenters. The van der Waals surface area contributed by atoms with E-state index in [1.165, 1.54) is 25.7 Å². The quantitative estimate of drug-likeness (QED) is 0.697. The lowest BCUT2D eigenvalue weighted by atomic mass is 10.2. The van der Waals surface area contributed by atoms with E-state index in [1.54, 1.807) is 0 Å².